The number of aromatic nitrogens is 2. The highest BCUT2D eigenvalue weighted by atomic mass is 16.6. The van der Waals surface area contributed by atoms with Gasteiger partial charge in [-0.25, -0.2) is 4.98 Å². The van der Waals surface area contributed by atoms with Crippen molar-refractivity contribution < 1.29 is 10.0 Å². The van der Waals surface area contributed by atoms with Crippen molar-refractivity contribution in [3.05, 3.63) is 40.2 Å². The number of imidazole rings is 1. The maximum atomic E-state index is 11.3. The van der Waals surface area contributed by atoms with E-state index in [1.807, 2.05) is 4.90 Å². The van der Waals surface area contributed by atoms with Gasteiger partial charge in [-0.3, -0.25) is 4.90 Å². The Labute approximate surface area is 123 Å². The van der Waals surface area contributed by atoms with Crippen LogP contribution in [0, 0.1) is 10.1 Å². The molecule has 0 radical (unpaired) electrons. The van der Waals surface area contributed by atoms with Gasteiger partial charge < -0.3 is 15.2 Å². The van der Waals surface area contributed by atoms with Gasteiger partial charge in [0.15, 0.2) is 5.69 Å². The Kier molecular flexibility index (Phi) is 5.24. The summed E-state index contributed by atoms with van der Waals surface area (Å²) in [5.41, 5.74) is 1.01. The first kappa shape index (κ1) is 15.4. The van der Waals surface area contributed by atoms with Crippen LogP contribution in [0.1, 0.15) is 25.5 Å². The van der Waals surface area contributed by atoms with E-state index in [0.29, 0.717) is 24.4 Å². The molecule has 2 heterocycles. The maximum absolute atomic E-state index is 11.3. The van der Waals surface area contributed by atoms with Crippen LogP contribution in [-0.2, 0) is 6.54 Å². The van der Waals surface area contributed by atoms with Crippen LogP contribution in [0.3, 0.4) is 0 Å². The highest BCUT2D eigenvalue weighted by Gasteiger charge is 2.23. The molecule has 2 rings (SSSR count). The van der Waals surface area contributed by atoms with Crippen molar-refractivity contribution >= 4 is 11.5 Å². The fraction of sp³-hybridized carbons (Fsp3) is 0.500. The first-order valence-electron chi connectivity index (χ1n) is 7.11. The van der Waals surface area contributed by atoms with E-state index in [4.69, 9.17) is 5.11 Å². The van der Waals surface area contributed by atoms with Crippen LogP contribution in [0.25, 0.3) is 5.65 Å². The second kappa shape index (κ2) is 7.14. The minimum Gasteiger partial charge on any atom is -0.395 e. The molecule has 0 saturated carbocycles. The lowest BCUT2D eigenvalue weighted by molar-refractivity contribution is -0.391. The molecule has 0 amide bonds. The number of fused-ring (bicyclic) bond motifs is 1. The topological polar surface area (TPSA) is 83.9 Å². The van der Waals surface area contributed by atoms with E-state index < -0.39 is 4.92 Å². The van der Waals surface area contributed by atoms with Crippen molar-refractivity contribution in [3.8, 4) is 0 Å². The molecule has 0 atom stereocenters. The molecule has 2 aromatic rings. The van der Waals surface area contributed by atoms with Gasteiger partial charge in [0.2, 0.25) is 5.65 Å². The number of hydrogen-bond donors (Lipinski definition) is 1. The zero-order valence-corrected chi connectivity index (χ0v) is 12.1. The van der Waals surface area contributed by atoms with Gasteiger partial charge in [0.25, 0.3) is 0 Å². The summed E-state index contributed by atoms with van der Waals surface area (Å²) in [4.78, 5) is 17.3. The summed E-state index contributed by atoms with van der Waals surface area (Å²) < 4.78 is 1.49. The molecule has 114 valence electrons. The molecule has 0 fully saturated rings. The second-order valence-electron chi connectivity index (χ2n) is 4.92. The summed E-state index contributed by atoms with van der Waals surface area (Å²) in [5.74, 6) is 0.00467. The molecule has 1 N–H and O–H groups in total. The molecule has 0 aliphatic heterocycles. The Hall–Kier alpha value is -1.99. The molecule has 0 aliphatic carbocycles. The minimum absolute atomic E-state index is 0.00467. The molecule has 7 nitrogen and oxygen atoms in total. The first-order chi connectivity index (χ1) is 10.2. The van der Waals surface area contributed by atoms with E-state index in [1.54, 1.807) is 24.4 Å². The third-order valence-electron chi connectivity index (χ3n) is 3.36. The van der Waals surface area contributed by atoms with Crippen molar-refractivity contribution in [1.29, 1.82) is 0 Å². The Morgan fingerprint density at radius 3 is 2.90 bits per heavy atom. The van der Waals surface area contributed by atoms with E-state index in [0.717, 1.165) is 19.4 Å². The summed E-state index contributed by atoms with van der Waals surface area (Å²) in [6.07, 6.45) is 3.67. The molecule has 0 aromatic carbocycles. The minimum atomic E-state index is -0.397. The molecule has 7 heteroatoms. The number of unbranched alkanes of at least 4 members (excludes halogenated alkanes) is 1. The molecule has 0 spiro atoms. The highest BCUT2D eigenvalue weighted by Crippen LogP contribution is 2.22. The average molecular weight is 292 g/mol. The van der Waals surface area contributed by atoms with Crippen molar-refractivity contribution in [2.45, 2.75) is 26.3 Å². The molecular weight excluding hydrogens is 272 g/mol. The Morgan fingerprint density at radius 2 is 2.24 bits per heavy atom. The fourth-order valence-electron chi connectivity index (χ4n) is 2.34. The normalized spacial score (nSPS) is 11.4. The third kappa shape index (κ3) is 3.56. The lowest BCUT2D eigenvalue weighted by atomic mass is 10.3. The summed E-state index contributed by atoms with van der Waals surface area (Å²) in [6.45, 7) is 3.78. The second-order valence-corrected chi connectivity index (χ2v) is 4.92. The lowest BCUT2D eigenvalue weighted by Crippen LogP contribution is -2.28. The van der Waals surface area contributed by atoms with Crippen molar-refractivity contribution in [2.24, 2.45) is 0 Å². The van der Waals surface area contributed by atoms with Gasteiger partial charge in [0.1, 0.15) is 0 Å². The zero-order chi connectivity index (χ0) is 15.2. The van der Waals surface area contributed by atoms with E-state index >= 15 is 0 Å². The van der Waals surface area contributed by atoms with Gasteiger partial charge in [-0.05, 0) is 24.0 Å². The van der Waals surface area contributed by atoms with Gasteiger partial charge in [-0.1, -0.05) is 19.4 Å². The zero-order valence-electron chi connectivity index (χ0n) is 12.1. The van der Waals surface area contributed by atoms with E-state index in [2.05, 4.69) is 11.9 Å². The smallest absolute Gasteiger partial charge is 0.352 e. The van der Waals surface area contributed by atoms with Crippen LogP contribution in [0.15, 0.2) is 24.4 Å². The number of rotatable bonds is 8. The number of nitro groups is 1. The molecule has 2 aromatic heterocycles. The van der Waals surface area contributed by atoms with Crippen LogP contribution in [0.4, 0.5) is 5.82 Å². The predicted octanol–water partition coefficient (Wildman–Crippen LogP) is 1.84. The maximum Gasteiger partial charge on any atom is 0.352 e. The number of nitrogens with zero attached hydrogens (tertiary/aromatic N) is 4. The summed E-state index contributed by atoms with van der Waals surface area (Å²) in [7, 11) is 0. The molecule has 0 unspecified atom stereocenters. The Balaban J connectivity index is 2.31. The monoisotopic (exact) mass is 292 g/mol. The predicted molar refractivity (Wildman–Crippen MR) is 79.1 cm³/mol. The quantitative estimate of drug-likeness (QED) is 0.593. The summed E-state index contributed by atoms with van der Waals surface area (Å²) in [5, 5.41) is 20.5. The molecule has 0 saturated heterocycles. The van der Waals surface area contributed by atoms with Crippen molar-refractivity contribution in [1.82, 2.24) is 14.3 Å². The van der Waals surface area contributed by atoms with Crippen LogP contribution in [0.5, 0.6) is 0 Å². The van der Waals surface area contributed by atoms with Gasteiger partial charge in [-0.2, -0.15) is 4.40 Å². The van der Waals surface area contributed by atoms with Crippen LogP contribution < -0.4 is 0 Å². The number of aliphatic hydroxyl groups is 1. The Morgan fingerprint density at radius 1 is 1.43 bits per heavy atom. The van der Waals surface area contributed by atoms with E-state index in [1.165, 1.54) is 4.40 Å². The SMILES string of the molecule is CCCCN(CCO)Cc1nc2ccccn2c1[N+](=O)[O-]. The molecule has 21 heavy (non-hydrogen) atoms. The first-order valence-corrected chi connectivity index (χ1v) is 7.11. The van der Waals surface area contributed by atoms with E-state index in [9.17, 15) is 10.1 Å². The van der Waals surface area contributed by atoms with Gasteiger partial charge >= 0.3 is 5.82 Å². The van der Waals surface area contributed by atoms with Crippen molar-refractivity contribution in [3.63, 3.8) is 0 Å². The van der Waals surface area contributed by atoms with Gasteiger partial charge in [-0.15, -0.1) is 0 Å². The highest BCUT2D eigenvalue weighted by molar-refractivity contribution is 5.48. The lowest BCUT2D eigenvalue weighted by Gasteiger charge is -2.19. The average Bonchev–Trinajstić information content (AvgIpc) is 2.82. The Bertz CT molecular complexity index is 611. The standard InChI is InChI=1S/C14H20N4O3/c1-2-3-7-16(9-10-19)11-12-14(18(20)21)17-8-5-4-6-13(17)15-12/h4-6,8,19H,2-3,7,9-11H2,1H3. The van der Waals surface area contributed by atoms with Crippen LogP contribution in [0.2, 0.25) is 0 Å². The molecular formula is C14H20N4O3. The molecule has 0 aliphatic rings. The number of hydrogen-bond acceptors (Lipinski definition) is 5. The van der Waals surface area contributed by atoms with Crippen molar-refractivity contribution in [2.75, 3.05) is 19.7 Å². The molecule has 0 bridgehead atoms. The third-order valence-corrected chi connectivity index (χ3v) is 3.36. The van der Waals surface area contributed by atoms with Crippen LogP contribution in [-0.4, -0.2) is 44.0 Å². The van der Waals surface area contributed by atoms with Crippen LogP contribution >= 0.6 is 0 Å². The fourth-order valence-corrected chi connectivity index (χ4v) is 2.34. The van der Waals surface area contributed by atoms with Gasteiger partial charge in [0, 0.05) is 19.2 Å². The number of aliphatic hydroxyl groups excluding tert-OH is 1. The largest absolute Gasteiger partial charge is 0.395 e. The summed E-state index contributed by atoms with van der Waals surface area (Å²) in [6, 6.07) is 5.30. The summed E-state index contributed by atoms with van der Waals surface area (Å²) >= 11 is 0. The van der Waals surface area contributed by atoms with E-state index in [-0.39, 0.29) is 12.4 Å². The number of pyridine rings is 1. The van der Waals surface area contributed by atoms with Gasteiger partial charge in [0.05, 0.1) is 12.8 Å².